The van der Waals surface area contributed by atoms with Gasteiger partial charge in [0.2, 0.25) is 0 Å². The van der Waals surface area contributed by atoms with Gasteiger partial charge < -0.3 is 10.1 Å². The number of carboxylic acid groups (broad SMARTS) is 1. The molecule has 2 atom stereocenters. The summed E-state index contributed by atoms with van der Waals surface area (Å²) in [5.74, 6) is -0.714. The van der Waals surface area contributed by atoms with E-state index in [4.69, 9.17) is 10.1 Å². The van der Waals surface area contributed by atoms with E-state index in [-0.39, 0.29) is 11.8 Å². The standard InChI is InChI=1S/C12H24BO3/c1-3-4-5-7-11(8-6-9-13-16)10(2)12(14)15/h10-11,16H,3-9H2,1-2H3,(H,14,15). The second kappa shape index (κ2) is 9.70. The molecule has 93 valence electrons. The highest BCUT2D eigenvalue weighted by atomic mass is 16.4. The zero-order chi connectivity index (χ0) is 12.4. The van der Waals surface area contributed by atoms with Crippen LogP contribution in [0.5, 0.6) is 0 Å². The molecule has 0 rings (SSSR count). The number of aliphatic carboxylic acids is 1. The van der Waals surface area contributed by atoms with Crippen molar-refractivity contribution in [2.45, 2.75) is 58.7 Å². The van der Waals surface area contributed by atoms with Gasteiger partial charge in [-0.2, -0.15) is 0 Å². The van der Waals surface area contributed by atoms with Gasteiger partial charge in [0.05, 0.1) is 5.92 Å². The summed E-state index contributed by atoms with van der Waals surface area (Å²) in [6.07, 6.45) is 6.89. The molecule has 0 aromatic carbocycles. The Morgan fingerprint density at radius 2 is 1.88 bits per heavy atom. The van der Waals surface area contributed by atoms with Crippen LogP contribution in [0.15, 0.2) is 0 Å². The maximum atomic E-state index is 10.9. The molecule has 0 saturated carbocycles. The summed E-state index contributed by atoms with van der Waals surface area (Å²) < 4.78 is 0. The zero-order valence-corrected chi connectivity index (χ0v) is 10.5. The molecule has 16 heavy (non-hydrogen) atoms. The summed E-state index contributed by atoms with van der Waals surface area (Å²) in [6.45, 7) is 3.94. The predicted octanol–water partition coefficient (Wildman–Crippen LogP) is 2.71. The molecule has 0 aliphatic carbocycles. The van der Waals surface area contributed by atoms with Gasteiger partial charge in [0.15, 0.2) is 0 Å². The van der Waals surface area contributed by atoms with Gasteiger partial charge in [0.25, 0.3) is 7.48 Å². The van der Waals surface area contributed by atoms with E-state index in [2.05, 4.69) is 6.92 Å². The van der Waals surface area contributed by atoms with Crippen molar-refractivity contribution >= 4 is 13.5 Å². The zero-order valence-electron chi connectivity index (χ0n) is 10.5. The van der Waals surface area contributed by atoms with E-state index in [1.54, 1.807) is 6.92 Å². The van der Waals surface area contributed by atoms with Crippen LogP contribution < -0.4 is 0 Å². The average Bonchev–Trinajstić information content (AvgIpc) is 2.26. The third-order valence-electron chi connectivity index (χ3n) is 3.18. The Hall–Kier alpha value is -0.505. The van der Waals surface area contributed by atoms with Gasteiger partial charge >= 0.3 is 5.97 Å². The van der Waals surface area contributed by atoms with Crippen LogP contribution in [0.1, 0.15) is 52.4 Å². The van der Waals surface area contributed by atoms with Crippen LogP contribution in [0.2, 0.25) is 6.32 Å². The Kier molecular flexibility index (Phi) is 9.40. The molecule has 4 heteroatoms. The smallest absolute Gasteiger partial charge is 0.306 e. The molecule has 0 aliphatic heterocycles. The topological polar surface area (TPSA) is 57.5 Å². The molecule has 0 saturated heterocycles. The second-order valence-electron chi connectivity index (χ2n) is 4.50. The van der Waals surface area contributed by atoms with Gasteiger partial charge in [-0.05, 0) is 12.3 Å². The largest absolute Gasteiger partial charge is 0.481 e. The van der Waals surface area contributed by atoms with Crippen LogP contribution in [0.3, 0.4) is 0 Å². The van der Waals surface area contributed by atoms with Gasteiger partial charge in [0, 0.05) is 0 Å². The van der Waals surface area contributed by atoms with Gasteiger partial charge in [-0.3, -0.25) is 4.79 Å². The van der Waals surface area contributed by atoms with E-state index < -0.39 is 5.97 Å². The molecule has 0 heterocycles. The van der Waals surface area contributed by atoms with E-state index in [1.807, 2.05) is 0 Å². The van der Waals surface area contributed by atoms with Crippen molar-refractivity contribution < 1.29 is 14.9 Å². The lowest BCUT2D eigenvalue weighted by Crippen LogP contribution is -2.20. The SMILES string of the molecule is CCCCCC(CCC[B]O)C(C)C(=O)O. The number of carboxylic acids is 1. The van der Waals surface area contributed by atoms with Crippen molar-refractivity contribution in [3.63, 3.8) is 0 Å². The Morgan fingerprint density at radius 3 is 2.38 bits per heavy atom. The number of hydrogen-bond acceptors (Lipinski definition) is 2. The molecule has 0 aromatic rings. The summed E-state index contributed by atoms with van der Waals surface area (Å²) in [5, 5.41) is 17.6. The van der Waals surface area contributed by atoms with Crippen molar-refractivity contribution in [1.82, 2.24) is 0 Å². The number of hydrogen-bond donors (Lipinski definition) is 2. The van der Waals surface area contributed by atoms with Crippen molar-refractivity contribution in [3.8, 4) is 0 Å². The molecular weight excluding hydrogens is 203 g/mol. The third-order valence-corrected chi connectivity index (χ3v) is 3.18. The van der Waals surface area contributed by atoms with E-state index in [9.17, 15) is 4.79 Å². The number of carbonyl (C=O) groups is 1. The molecular formula is C12H24BO3. The van der Waals surface area contributed by atoms with Gasteiger partial charge in [-0.25, -0.2) is 0 Å². The molecule has 0 spiro atoms. The molecule has 1 radical (unpaired) electrons. The lowest BCUT2D eigenvalue weighted by atomic mass is 9.82. The van der Waals surface area contributed by atoms with Gasteiger partial charge in [-0.15, -0.1) is 0 Å². The van der Waals surface area contributed by atoms with E-state index in [0.29, 0.717) is 6.32 Å². The first-order valence-electron chi connectivity index (χ1n) is 6.32. The predicted molar refractivity (Wildman–Crippen MR) is 66.4 cm³/mol. The highest BCUT2D eigenvalue weighted by Crippen LogP contribution is 2.25. The summed E-state index contributed by atoms with van der Waals surface area (Å²) in [4.78, 5) is 10.9. The van der Waals surface area contributed by atoms with Crippen molar-refractivity contribution in [2.24, 2.45) is 11.8 Å². The fraction of sp³-hybridized carbons (Fsp3) is 0.917. The van der Waals surface area contributed by atoms with Crippen LogP contribution >= 0.6 is 0 Å². The van der Waals surface area contributed by atoms with Crippen molar-refractivity contribution in [1.29, 1.82) is 0 Å². The summed E-state index contributed by atoms with van der Waals surface area (Å²) in [7, 11) is 1.16. The summed E-state index contributed by atoms with van der Waals surface area (Å²) in [6, 6.07) is 0. The maximum absolute atomic E-state index is 10.9. The Labute approximate surface area is 99.5 Å². The molecule has 0 aromatic heterocycles. The van der Waals surface area contributed by atoms with Crippen molar-refractivity contribution in [2.75, 3.05) is 0 Å². The molecule has 0 aliphatic rings. The van der Waals surface area contributed by atoms with E-state index in [1.165, 1.54) is 12.8 Å². The van der Waals surface area contributed by atoms with Crippen LogP contribution in [-0.4, -0.2) is 23.6 Å². The quantitative estimate of drug-likeness (QED) is 0.445. The fourth-order valence-electron chi connectivity index (χ4n) is 1.97. The summed E-state index contributed by atoms with van der Waals surface area (Å²) in [5.41, 5.74) is 0. The van der Waals surface area contributed by atoms with E-state index >= 15 is 0 Å². The third kappa shape index (κ3) is 6.88. The Morgan fingerprint density at radius 1 is 1.25 bits per heavy atom. The summed E-state index contributed by atoms with van der Waals surface area (Å²) >= 11 is 0. The molecule has 0 fully saturated rings. The Bertz CT molecular complexity index is 175. The average molecular weight is 227 g/mol. The van der Waals surface area contributed by atoms with Gasteiger partial charge in [0.1, 0.15) is 0 Å². The molecule has 2 unspecified atom stereocenters. The minimum Gasteiger partial charge on any atom is -0.481 e. The highest BCUT2D eigenvalue weighted by Gasteiger charge is 2.22. The van der Waals surface area contributed by atoms with Crippen LogP contribution in [0.4, 0.5) is 0 Å². The Balaban J connectivity index is 3.99. The first kappa shape index (κ1) is 15.5. The van der Waals surface area contributed by atoms with Crippen LogP contribution in [0.25, 0.3) is 0 Å². The number of rotatable bonds is 10. The molecule has 3 nitrogen and oxygen atoms in total. The first-order chi connectivity index (χ1) is 7.63. The number of unbranched alkanes of at least 4 members (excludes halogenated alkanes) is 2. The van der Waals surface area contributed by atoms with Gasteiger partial charge in [-0.1, -0.05) is 52.3 Å². The lowest BCUT2D eigenvalue weighted by molar-refractivity contribution is -0.143. The first-order valence-corrected chi connectivity index (χ1v) is 6.32. The normalized spacial score (nSPS) is 14.4. The van der Waals surface area contributed by atoms with Crippen LogP contribution in [0, 0.1) is 11.8 Å². The molecule has 0 bridgehead atoms. The maximum Gasteiger partial charge on any atom is 0.306 e. The highest BCUT2D eigenvalue weighted by molar-refractivity contribution is 6.25. The van der Waals surface area contributed by atoms with E-state index in [0.717, 1.165) is 33.2 Å². The minimum absolute atomic E-state index is 0.254. The fourth-order valence-corrected chi connectivity index (χ4v) is 1.97. The monoisotopic (exact) mass is 227 g/mol. The second-order valence-corrected chi connectivity index (χ2v) is 4.50. The van der Waals surface area contributed by atoms with Crippen molar-refractivity contribution in [3.05, 3.63) is 0 Å². The minimum atomic E-state index is -0.700. The molecule has 2 N–H and O–H groups in total. The lowest BCUT2D eigenvalue weighted by Gasteiger charge is -2.20. The molecule has 0 amide bonds. The van der Waals surface area contributed by atoms with Crippen LogP contribution in [-0.2, 0) is 4.79 Å².